The molecule has 0 radical (unpaired) electrons. The van der Waals surface area contributed by atoms with Crippen LogP contribution < -0.4 is 19.7 Å². The van der Waals surface area contributed by atoms with Gasteiger partial charge in [-0.3, -0.25) is 9.59 Å². The zero-order chi connectivity index (χ0) is 22.8. The molecule has 3 aromatic rings. The van der Waals surface area contributed by atoms with Gasteiger partial charge in [0.25, 0.3) is 0 Å². The highest BCUT2D eigenvalue weighted by Gasteiger charge is 2.36. The van der Waals surface area contributed by atoms with E-state index in [1.165, 1.54) is 0 Å². The molecule has 0 unspecified atom stereocenters. The Balaban J connectivity index is 1.30. The Morgan fingerprint density at radius 2 is 2.06 bits per heavy atom. The lowest BCUT2D eigenvalue weighted by atomic mass is 10.1. The van der Waals surface area contributed by atoms with Gasteiger partial charge in [0.2, 0.25) is 11.8 Å². The minimum Gasteiger partial charge on any atom is -0.486 e. The molecular formula is C24H26N4O4S. The van der Waals surface area contributed by atoms with Crippen molar-refractivity contribution in [1.82, 2.24) is 15.3 Å². The fraction of sp³-hybridized carbons (Fsp3) is 0.375. The number of aromatic amines is 1. The van der Waals surface area contributed by atoms with E-state index >= 15 is 0 Å². The first-order valence-corrected chi connectivity index (χ1v) is 12.5. The first kappa shape index (κ1) is 21.6. The minimum atomic E-state index is -0.424. The highest BCUT2D eigenvalue weighted by atomic mass is 32.2. The number of carbonyl (C=O) groups excluding carboxylic acids is 2. The summed E-state index contributed by atoms with van der Waals surface area (Å²) in [6.07, 6.45) is 2.97. The van der Waals surface area contributed by atoms with Crippen molar-refractivity contribution in [3.63, 3.8) is 0 Å². The molecule has 1 saturated heterocycles. The van der Waals surface area contributed by atoms with E-state index in [2.05, 4.69) is 15.3 Å². The number of rotatable bonds is 7. The smallest absolute Gasteiger partial charge is 0.227 e. The number of hydrogen-bond donors (Lipinski definition) is 2. The van der Waals surface area contributed by atoms with E-state index in [9.17, 15) is 9.59 Å². The van der Waals surface area contributed by atoms with Gasteiger partial charge in [0.15, 0.2) is 11.5 Å². The molecule has 0 spiro atoms. The lowest BCUT2D eigenvalue weighted by molar-refractivity contribution is -0.127. The van der Waals surface area contributed by atoms with Crippen molar-refractivity contribution in [2.75, 3.05) is 36.7 Å². The van der Waals surface area contributed by atoms with Crippen LogP contribution in [-0.2, 0) is 9.59 Å². The maximum Gasteiger partial charge on any atom is 0.227 e. The number of amides is 2. The minimum absolute atomic E-state index is 0.0729. The van der Waals surface area contributed by atoms with Crippen molar-refractivity contribution < 1.29 is 19.1 Å². The van der Waals surface area contributed by atoms with Crippen LogP contribution in [0.4, 0.5) is 5.69 Å². The summed E-state index contributed by atoms with van der Waals surface area (Å²) in [6.45, 7) is 1.33. The van der Waals surface area contributed by atoms with Gasteiger partial charge in [-0.2, -0.15) is 11.8 Å². The maximum atomic E-state index is 13.2. The number of aromatic nitrogens is 2. The van der Waals surface area contributed by atoms with Crippen LogP contribution in [0.5, 0.6) is 11.5 Å². The fourth-order valence-corrected chi connectivity index (χ4v) is 4.74. The van der Waals surface area contributed by atoms with Crippen LogP contribution in [0.15, 0.2) is 42.5 Å². The largest absolute Gasteiger partial charge is 0.486 e. The number of hydrogen-bond acceptors (Lipinski definition) is 6. The number of imidazole rings is 1. The normalized spacial score (nSPS) is 18.5. The highest BCUT2D eigenvalue weighted by Crippen LogP contribution is 2.36. The van der Waals surface area contributed by atoms with Gasteiger partial charge in [-0.15, -0.1) is 0 Å². The predicted molar refractivity (Wildman–Crippen MR) is 128 cm³/mol. The van der Waals surface area contributed by atoms with Gasteiger partial charge in [0, 0.05) is 24.7 Å². The van der Waals surface area contributed by atoms with E-state index in [1.807, 2.05) is 48.7 Å². The zero-order valence-electron chi connectivity index (χ0n) is 18.4. The number of carbonyl (C=O) groups is 2. The highest BCUT2D eigenvalue weighted by molar-refractivity contribution is 7.98. The van der Waals surface area contributed by atoms with E-state index in [0.29, 0.717) is 31.3 Å². The quantitative estimate of drug-likeness (QED) is 0.555. The van der Waals surface area contributed by atoms with Crippen LogP contribution in [-0.4, -0.2) is 53.5 Å². The molecule has 172 valence electrons. The van der Waals surface area contributed by atoms with Gasteiger partial charge in [-0.05, 0) is 42.7 Å². The lowest BCUT2D eigenvalue weighted by Gasteiger charge is -2.22. The lowest BCUT2D eigenvalue weighted by Crippen LogP contribution is -2.36. The Morgan fingerprint density at radius 1 is 1.24 bits per heavy atom. The third-order valence-electron chi connectivity index (χ3n) is 6.00. The van der Waals surface area contributed by atoms with Gasteiger partial charge in [0.1, 0.15) is 19.0 Å². The second kappa shape index (κ2) is 9.35. The average molecular weight is 467 g/mol. The monoisotopic (exact) mass is 466 g/mol. The molecule has 3 heterocycles. The van der Waals surface area contributed by atoms with Crippen LogP contribution in [0.2, 0.25) is 0 Å². The van der Waals surface area contributed by atoms with Crippen LogP contribution in [0.1, 0.15) is 24.7 Å². The van der Waals surface area contributed by atoms with E-state index < -0.39 is 5.92 Å². The first-order chi connectivity index (χ1) is 16.1. The van der Waals surface area contributed by atoms with Crippen molar-refractivity contribution in [1.29, 1.82) is 0 Å². The molecule has 2 aliphatic rings. The third kappa shape index (κ3) is 4.50. The molecule has 1 aromatic heterocycles. The molecule has 2 aromatic carbocycles. The standard InChI is InChI=1S/C24H26N4O4S/c1-33-11-8-19(23-25-17-4-2-3-5-18(17)26-23)27-24(30)15-12-22(29)28(14-15)16-6-7-20-21(13-16)32-10-9-31-20/h2-7,13,15,19H,8-12,14H2,1H3,(H,25,26)(H,27,30)/t15-,19+/m1/s1. The number of H-pyrrole nitrogens is 1. The third-order valence-corrected chi connectivity index (χ3v) is 6.64. The summed E-state index contributed by atoms with van der Waals surface area (Å²) in [7, 11) is 0. The van der Waals surface area contributed by atoms with E-state index in [1.54, 1.807) is 16.7 Å². The predicted octanol–water partition coefficient (Wildman–Crippen LogP) is 3.30. The van der Waals surface area contributed by atoms with Gasteiger partial charge < -0.3 is 24.7 Å². The Morgan fingerprint density at radius 3 is 2.88 bits per heavy atom. The summed E-state index contributed by atoms with van der Waals surface area (Å²) in [5, 5.41) is 3.14. The molecule has 0 saturated carbocycles. The first-order valence-electron chi connectivity index (χ1n) is 11.1. The summed E-state index contributed by atoms with van der Waals surface area (Å²) >= 11 is 1.72. The molecule has 0 aliphatic carbocycles. The van der Waals surface area contributed by atoms with Crippen LogP contribution in [0, 0.1) is 5.92 Å². The number of nitrogens with zero attached hydrogens (tertiary/aromatic N) is 2. The molecule has 2 atom stereocenters. The van der Waals surface area contributed by atoms with Gasteiger partial charge in [-0.1, -0.05) is 12.1 Å². The zero-order valence-corrected chi connectivity index (χ0v) is 19.2. The summed E-state index contributed by atoms with van der Waals surface area (Å²) < 4.78 is 11.2. The van der Waals surface area contributed by atoms with Crippen molar-refractivity contribution in [3.8, 4) is 11.5 Å². The van der Waals surface area contributed by atoms with Crippen molar-refractivity contribution in [2.45, 2.75) is 18.9 Å². The van der Waals surface area contributed by atoms with E-state index in [0.717, 1.165) is 34.7 Å². The maximum absolute atomic E-state index is 13.2. The molecular weight excluding hydrogens is 440 g/mol. The van der Waals surface area contributed by atoms with E-state index in [4.69, 9.17) is 9.47 Å². The number of thioether (sulfide) groups is 1. The Kier molecular flexibility index (Phi) is 6.13. The fourth-order valence-electron chi connectivity index (χ4n) is 4.27. The Labute approximate surface area is 196 Å². The van der Waals surface area contributed by atoms with Crippen LogP contribution in [0.25, 0.3) is 11.0 Å². The molecule has 2 amide bonds. The topological polar surface area (TPSA) is 96.6 Å². The summed E-state index contributed by atoms with van der Waals surface area (Å²) in [4.78, 5) is 35.6. The van der Waals surface area contributed by atoms with E-state index in [-0.39, 0.29) is 24.3 Å². The molecule has 8 nitrogen and oxygen atoms in total. The van der Waals surface area contributed by atoms with Gasteiger partial charge in [0.05, 0.1) is 23.0 Å². The van der Waals surface area contributed by atoms with Crippen molar-refractivity contribution >= 4 is 40.3 Å². The van der Waals surface area contributed by atoms with Gasteiger partial charge in [-0.25, -0.2) is 4.98 Å². The number of ether oxygens (including phenoxy) is 2. The molecule has 9 heteroatoms. The molecule has 1 fully saturated rings. The number of nitrogens with one attached hydrogen (secondary N) is 2. The summed E-state index contributed by atoms with van der Waals surface area (Å²) in [6, 6.07) is 13.0. The average Bonchev–Trinajstić information content (AvgIpc) is 3.45. The Hall–Kier alpha value is -3.20. The summed E-state index contributed by atoms with van der Waals surface area (Å²) in [5.74, 6) is 2.30. The molecule has 5 rings (SSSR count). The van der Waals surface area contributed by atoms with Gasteiger partial charge >= 0.3 is 0 Å². The van der Waals surface area contributed by atoms with Crippen molar-refractivity contribution in [2.24, 2.45) is 5.92 Å². The summed E-state index contributed by atoms with van der Waals surface area (Å²) in [5.41, 5.74) is 2.53. The number of para-hydroxylation sites is 2. The molecule has 33 heavy (non-hydrogen) atoms. The second-order valence-corrected chi connectivity index (χ2v) is 9.20. The number of anilines is 1. The van der Waals surface area contributed by atoms with Crippen LogP contribution >= 0.6 is 11.8 Å². The number of benzene rings is 2. The molecule has 0 bridgehead atoms. The Bertz CT molecular complexity index is 1150. The molecule has 2 aliphatic heterocycles. The second-order valence-electron chi connectivity index (χ2n) is 8.22. The van der Waals surface area contributed by atoms with Crippen LogP contribution in [0.3, 0.4) is 0 Å². The molecule has 2 N–H and O–H groups in total. The SMILES string of the molecule is CSCC[C@H](NC(=O)[C@@H]1CC(=O)N(c2ccc3c(c2)OCCO3)C1)c1nc2ccccc2[nH]1. The number of fused-ring (bicyclic) bond motifs is 2. The van der Waals surface area contributed by atoms with Crippen molar-refractivity contribution in [3.05, 3.63) is 48.3 Å².